The topological polar surface area (TPSA) is 131 Å². The molecule has 3 atom stereocenters. The summed E-state index contributed by atoms with van der Waals surface area (Å²) in [5.41, 5.74) is 10.5. The van der Waals surface area contributed by atoms with Gasteiger partial charge in [-0.05, 0) is 47.9 Å². The Kier molecular flexibility index (Phi) is 6.10. The van der Waals surface area contributed by atoms with Crippen LogP contribution in [0.3, 0.4) is 0 Å². The van der Waals surface area contributed by atoms with Gasteiger partial charge >= 0.3 is 6.01 Å². The van der Waals surface area contributed by atoms with E-state index in [0.29, 0.717) is 30.6 Å². The largest absolute Gasteiger partial charge is 0.421 e. The van der Waals surface area contributed by atoms with E-state index in [1.807, 2.05) is 13.8 Å². The Labute approximate surface area is 220 Å². The van der Waals surface area contributed by atoms with Gasteiger partial charge in [0.2, 0.25) is 5.82 Å². The molecule has 3 aromatic rings. The van der Waals surface area contributed by atoms with Crippen molar-refractivity contribution in [3.63, 3.8) is 0 Å². The van der Waals surface area contributed by atoms with Crippen LogP contribution in [0.1, 0.15) is 48.6 Å². The van der Waals surface area contributed by atoms with Crippen LogP contribution < -0.4 is 26.0 Å². The Hall–Kier alpha value is -3.86. The van der Waals surface area contributed by atoms with Gasteiger partial charge in [-0.25, -0.2) is 14.4 Å². The van der Waals surface area contributed by atoms with Gasteiger partial charge in [0.1, 0.15) is 11.6 Å². The number of amides is 1. The predicted octanol–water partition coefficient (Wildman–Crippen LogP) is 3.12. The molecule has 198 valence electrons. The fraction of sp³-hybridized carbons (Fsp3) is 0.444. The summed E-state index contributed by atoms with van der Waals surface area (Å²) in [6.45, 7) is 5.36. The van der Waals surface area contributed by atoms with Gasteiger partial charge in [-0.2, -0.15) is 9.97 Å². The molecule has 2 aromatic heterocycles. The third-order valence-corrected chi connectivity index (χ3v) is 7.62. The monoisotopic (exact) mass is 518 g/mol. The van der Waals surface area contributed by atoms with Crippen LogP contribution in [0.5, 0.6) is 11.8 Å². The van der Waals surface area contributed by atoms with Crippen molar-refractivity contribution < 1.29 is 13.9 Å². The smallest absolute Gasteiger partial charge is 0.324 e. The van der Waals surface area contributed by atoms with E-state index in [1.54, 1.807) is 13.1 Å². The highest BCUT2D eigenvalue weighted by Crippen LogP contribution is 2.49. The number of carbonyl (C=O) groups is 1. The van der Waals surface area contributed by atoms with Crippen molar-refractivity contribution >= 4 is 17.4 Å². The molecule has 2 bridgehead atoms. The van der Waals surface area contributed by atoms with E-state index in [9.17, 15) is 9.18 Å². The average Bonchev–Trinajstić information content (AvgIpc) is 3.58. The molecule has 1 saturated carbocycles. The number of nitrogens with two attached hydrogens (primary N) is 1. The summed E-state index contributed by atoms with van der Waals surface area (Å²) in [5, 5.41) is 5.91. The molecular weight excluding hydrogens is 487 g/mol. The maximum absolute atomic E-state index is 14.6. The number of ether oxygens (including phenoxy) is 1. The molecule has 3 aliphatic rings. The minimum Gasteiger partial charge on any atom is -0.421 e. The van der Waals surface area contributed by atoms with Crippen LogP contribution in [0.15, 0.2) is 24.5 Å². The number of piperidine rings is 1. The van der Waals surface area contributed by atoms with E-state index in [4.69, 9.17) is 20.4 Å². The van der Waals surface area contributed by atoms with Crippen molar-refractivity contribution in [3.05, 3.63) is 47.4 Å². The summed E-state index contributed by atoms with van der Waals surface area (Å²) in [4.78, 5) is 32.4. The zero-order valence-electron chi connectivity index (χ0n) is 21.7. The molecule has 3 heterocycles. The fourth-order valence-electron chi connectivity index (χ4n) is 5.79. The van der Waals surface area contributed by atoms with Crippen LogP contribution in [-0.2, 0) is 6.42 Å². The summed E-state index contributed by atoms with van der Waals surface area (Å²) in [6.07, 6.45) is 5.31. The van der Waals surface area contributed by atoms with Crippen LogP contribution in [0, 0.1) is 17.7 Å². The van der Waals surface area contributed by atoms with Crippen LogP contribution in [0.25, 0.3) is 11.1 Å². The number of benzene rings is 1. The molecule has 1 amide bonds. The first-order valence-electron chi connectivity index (χ1n) is 13.0. The van der Waals surface area contributed by atoms with Gasteiger partial charge in [-0.15, -0.1) is 0 Å². The lowest BCUT2D eigenvalue weighted by Crippen LogP contribution is -2.41. The zero-order chi connectivity index (χ0) is 26.6. The van der Waals surface area contributed by atoms with Gasteiger partial charge in [0.15, 0.2) is 5.75 Å². The standard InChI is InChI=1S/C27H31FN8O2/c1-13(2)9-33-26(37)24-31-10-17(11-32-24)38-27-34-22-8-18-19(5-15(28)6-21(18)30-3)23(22)25(35-27)36-12-14-4-16(36)7-20(14)29/h5-6,10-11,13-14,16,20,30H,4,7-9,12,29H2,1-3H3,(H,33,37)/t14?,16?,20-/m0/s1. The quantitative estimate of drug-likeness (QED) is 0.338. The highest BCUT2D eigenvalue weighted by molar-refractivity contribution is 5.90. The minimum atomic E-state index is -0.339. The first kappa shape index (κ1) is 24.5. The molecule has 1 aliphatic heterocycles. The van der Waals surface area contributed by atoms with Crippen molar-refractivity contribution in [2.24, 2.45) is 17.6 Å². The van der Waals surface area contributed by atoms with Gasteiger partial charge in [-0.3, -0.25) is 4.79 Å². The average molecular weight is 519 g/mol. The van der Waals surface area contributed by atoms with Crippen LogP contribution in [-0.4, -0.2) is 58.1 Å². The third kappa shape index (κ3) is 4.30. The normalized spacial score (nSPS) is 21.0. The zero-order valence-corrected chi connectivity index (χ0v) is 21.7. The summed E-state index contributed by atoms with van der Waals surface area (Å²) in [7, 11) is 1.78. The fourth-order valence-corrected chi connectivity index (χ4v) is 5.79. The Morgan fingerprint density at radius 3 is 2.68 bits per heavy atom. The highest BCUT2D eigenvalue weighted by Gasteiger charge is 2.45. The number of nitrogens with zero attached hydrogens (tertiary/aromatic N) is 5. The van der Waals surface area contributed by atoms with E-state index in [-0.39, 0.29) is 35.6 Å². The second-order valence-corrected chi connectivity index (χ2v) is 10.7. The van der Waals surface area contributed by atoms with Crippen molar-refractivity contribution in [3.8, 4) is 22.9 Å². The summed E-state index contributed by atoms with van der Waals surface area (Å²) >= 11 is 0. The van der Waals surface area contributed by atoms with Gasteiger partial charge in [0, 0.05) is 49.9 Å². The molecule has 0 radical (unpaired) electrons. The van der Waals surface area contributed by atoms with Crippen molar-refractivity contribution in [2.45, 2.75) is 45.2 Å². The Morgan fingerprint density at radius 2 is 2.03 bits per heavy atom. The molecule has 2 fully saturated rings. The molecule has 0 spiro atoms. The molecule has 38 heavy (non-hydrogen) atoms. The molecule has 4 N–H and O–H groups in total. The van der Waals surface area contributed by atoms with E-state index < -0.39 is 0 Å². The van der Waals surface area contributed by atoms with Crippen LogP contribution in [0.4, 0.5) is 15.9 Å². The van der Waals surface area contributed by atoms with E-state index in [1.165, 1.54) is 18.5 Å². The highest BCUT2D eigenvalue weighted by atomic mass is 19.1. The number of halogens is 1. The molecule has 10 nitrogen and oxygen atoms in total. The van der Waals surface area contributed by atoms with Crippen molar-refractivity contribution in [1.82, 2.24) is 25.3 Å². The SMILES string of the molecule is CNc1cc(F)cc2c1Cc1nc(Oc3cnc(C(=O)NCC(C)C)nc3)nc(N3CC4CC3C[C@@H]4N)c1-2. The molecule has 1 aromatic carbocycles. The number of hydrogen-bond donors (Lipinski definition) is 3. The summed E-state index contributed by atoms with van der Waals surface area (Å²) < 4.78 is 20.6. The van der Waals surface area contributed by atoms with Gasteiger partial charge in [-0.1, -0.05) is 13.8 Å². The first-order valence-corrected chi connectivity index (χ1v) is 13.0. The number of aromatic nitrogens is 4. The Morgan fingerprint density at radius 1 is 1.24 bits per heavy atom. The number of nitrogens with one attached hydrogen (secondary N) is 2. The summed E-state index contributed by atoms with van der Waals surface area (Å²) in [5.74, 6) is 1.19. The second kappa shape index (κ2) is 9.46. The molecule has 2 aliphatic carbocycles. The van der Waals surface area contributed by atoms with Crippen molar-refractivity contribution in [1.29, 1.82) is 0 Å². The number of hydrogen-bond acceptors (Lipinski definition) is 9. The number of fused-ring (bicyclic) bond motifs is 5. The molecule has 6 rings (SSSR count). The van der Waals surface area contributed by atoms with Crippen LogP contribution in [0.2, 0.25) is 0 Å². The van der Waals surface area contributed by atoms with Gasteiger partial charge < -0.3 is 26.0 Å². The lowest BCUT2D eigenvalue weighted by atomic mass is 10.0. The lowest BCUT2D eigenvalue weighted by Gasteiger charge is -2.32. The number of anilines is 2. The van der Waals surface area contributed by atoms with E-state index in [2.05, 4.69) is 25.5 Å². The van der Waals surface area contributed by atoms with E-state index >= 15 is 0 Å². The van der Waals surface area contributed by atoms with E-state index in [0.717, 1.165) is 53.3 Å². The maximum atomic E-state index is 14.6. The number of rotatable bonds is 7. The third-order valence-electron chi connectivity index (χ3n) is 7.62. The minimum absolute atomic E-state index is 0.0649. The lowest BCUT2D eigenvalue weighted by molar-refractivity contribution is 0.0938. The predicted molar refractivity (Wildman–Crippen MR) is 141 cm³/mol. The maximum Gasteiger partial charge on any atom is 0.324 e. The molecule has 11 heteroatoms. The second-order valence-electron chi connectivity index (χ2n) is 10.7. The van der Waals surface area contributed by atoms with Crippen molar-refractivity contribution in [2.75, 3.05) is 30.4 Å². The Balaban J connectivity index is 1.34. The van der Waals surface area contributed by atoms with Crippen LogP contribution >= 0.6 is 0 Å². The molecular formula is C27H31FN8O2. The molecule has 2 unspecified atom stereocenters. The van der Waals surface area contributed by atoms with Gasteiger partial charge in [0.05, 0.1) is 18.1 Å². The first-order chi connectivity index (χ1) is 18.3. The number of carbonyl (C=O) groups excluding carboxylic acids is 1. The summed E-state index contributed by atoms with van der Waals surface area (Å²) in [6, 6.07) is 3.69. The Bertz CT molecular complexity index is 1390. The van der Waals surface area contributed by atoms with Gasteiger partial charge in [0.25, 0.3) is 5.91 Å². The molecule has 1 saturated heterocycles.